The number of anilines is 1. The molecule has 2 fully saturated rings. The summed E-state index contributed by atoms with van der Waals surface area (Å²) in [6, 6.07) is 5.37. The van der Waals surface area contributed by atoms with Gasteiger partial charge in [-0.2, -0.15) is 0 Å². The van der Waals surface area contributed by atoms with Gasteiger partial charge in [0.2, 0.25) is 12.7 Å². The monoisotopic (exact) mass is 346 g/mol. The van der Waals surface area contributed by atoms with Crippen molar-refractivity contribution in [1.82, 2.24) is 4.90 Å². The molecule has 0 aromatic heterocycles. The molecular weight excluding hydrogens is 324 g/mol. The molecule has 0 aliphatic carbocycles. The smallest absolute Gasteiger partial charge is 0.251 e. The van der Waals surface area contributed by atoms with Gasteiger partial charge in [0.1, 0.15) is 6.10 Å². The van der Waals surface area contributed by atoms with Crippen LogP contribution in [0, 0.1) is 5.92 Å². The maximum atomic E-state index is 12.5. The lowest BCUT2D eigenvalue weighted by atomic mass is 9.95. The largest absolute Gasteiger partial charge is 0.454 e. The van der Waals surface area contributed by atoms with E-state index >= 15 is 0 Å². The highest BCUT2D eigenvalue weighted by Crippen LogP contribution is 2.34. The van der Waals surface area contributed by atoms with Gasteiger partial charge in [-0.3, -0.25) is 9.59 Å². The van der Waals surface area contributed by atoms with Crippen LogP contribution in [-0.4, -0.2) is 49.3 Å². The molecule has 0 radical (unpaired) electrons. The van der Waals surface area contributed by atoms with Crippen molar-refractivity contribution in [2.75, 3.05) is 31.8 Å². The van der Waals surface area contributed by atoms with Crippen molar-refractivity contribution in [2.45, 2.75) is 31.8 Å². The van der Waals surface area contributed by atoms with E-state index in [1.165, 1.54) is 0 Å². The number of carbonyl (C=O) groups is 2. The number of nitrogens with zero attached hydrogens (tertiary/aromatic N) is 1. The number of rotatable bonds is 3. The molecule has 1 N–H and O–H groups in total. The van der Waals surface area contributed by atoms with E-state index in [-0.39, 0.29) is 30.6 Å². The van der Waals surface area contributed by atoms with Crippen LogP contribution in [-0.2, 0) is 14.3 Å². The van der Waals surface area contributed by atoms with E-state index in [1.807, 2.05) is 11.0 Å². The van der Waals surface area contributed by atoms with Gasteiger partial charge in [0, 0.05) is 37.4 Å². The quantitative estimate of drug-likeness (QED) is 0.903. The molecule has 1 aromatic carbocycles. The molecule has 1 atom stereocenters. The molecule has 0 bridgehead atoms. The van der Waals surface area contributed by atoms with E-state index in [0.29, 0.717) is 49.7 Å². The van der Waals surface area contributed by atoms with Crippen LogP contribution >= 0.6 is 0 Å². The van der Waals surface area contributed by atoms with Crippen molar-refractivity contribution in [3.8, 4) is 11.5 Å². The molecular formula is C18H22N2O5. The summed E-state index contributed by atoms with van der Waals surface area (Å²) < 4.78 is 16.1. The third-order valence-corrected chi connectivity index (χ3v) is 5.02. The summed E-state index contributed by atoms with van der Waals surface area (Å²) in [5.41, 5.74) is 0.701. The molecule has 4 rings (SSSR count). The molecule has 3 aliphatic rings. The zero-order valence-corrected chi connectivity index (χ0v) is 14.0. The van der Waals surface area contributed by atoms with Gasteiger partial charge in [0.05, 0.1) is 0 Å². The normalized spacial score (nSPS) is 22.9. The van der Waals surface area contributed by atoms with E-state index in [0.717, 1.165) is 12.8 Å². The van der Waals surface area contributed by atoms with Gasteiger partial charge in [-0.1, -0.05) is 0 Å². The number of hydrogen-bond acceptors (Lipinski definition) is 5. The highest BCUT2D eigenvalue weighted by molar-refractivity contribution is 5.93. The number of likely N-dealkylation sites (tertiary alicyclic amines) is 1. The Labute approximate surface area is 146 Å². The van der Waals surface area contributed by atoms with Crippen molar-refractivity contribution in [3.05, 3.63) is 18.2 Å². The molecule has 3 heterocycles. The first-order valence-electron chi connectivity index (χ1n) is 8.81. The Morgan fingerprint density at radius 1 is 1.08 bits per heavy atom. The van der Waals surface area contributed by atoms with Crippen LogP contribution in [0.5, 0.6) is 11.5 Å². The topological polar surface area (TPSA) is 77.1 Å². The minimum absolute atomic E-state index is 0.0110. The summed E-state index contributed by atoms with van der Waals surface area (Å²) in [6.45, 7) is 2.10. The summed E-state index contributed by atoms with van der Waals surface area (Å²) in [7, 11) is 0. The number of carbonyl (C=O) groups excluding carboxylic acids is 2. The predicted molar refractivity (Wildman–Crippen MR) is 89.5 cm³/mol. The van der Waals surface area contributed by atoms with E-state index in [1.54, 1.807) is 12.1 Å². The molecule has 25 heavy (non-hydrogen) atoms. The second kappa shape index (κ2) is 6.92. The molecule has 1 aromatic rings. The third kappa shape index (κ3) is 3.42. The van der Waals surface area contributed by atoms with Crippen LogP contribution in [0.3, 0.4) is 0 Å². The van der Waals surface area contributed by atoms with Gasteiger partial charge >= 0.3 is 0 Å². The molecule has 7 nitrogen and oxygen atoms in total. The number of amides is 2. The number of ether oxygens (including phenoxy) is 3. The van der Waals surface area contributed by atoms with Gasteiger partial charge in [0.15, 0.2) is 11.5 Å². The van der Waals surface area contributed by atoms with Crippen LogP contribution in [0.4, 0.5) is 5.69 Å². The van der Waals surface area contributed by atoms with Crippen molar-refractivity contribution < 1.29 is 23.8 Å². The molecule has 1 unspecified atom stereocenters. The molecule has 0 spiro atoms. The Bertz CT molecular complexity index is 663. The second-order valence-electron chi connectivity index (χ2n) is 6.66. The second-order valence-corrected chi connectivity index (χ2v) is 6.66. The number of hydrogen-bond donors (Lipinski definition) is 1. The lowest BCUT2D eigenvalue weighted by Crippen LogP contribution is -2.45. The van der Waals surface area contributed by atoms with Gasteiger partial charge in [-0.15, -0.1) is 0 Å². The Morgan fingerprint density at radius 3 is 2.64 bits per heavy atom. The number of benzene rings is 1. The van der Waals surface area contributed by atoms with Gasteiger partial charge in [-0.05, 0) is 37.8 Å². The van der Waals surface area contributed by atoms with Crippen molar-refractivity contribution in [1.29, 1.82) is 0 Å². The number of piperidine rings is 1. The predicted octanol–water partition coefficient (Wildman–Crippen LogP) is 1.77. The minimum Gasteiger partial charge on any atom is -0.454 e. The average Bonchev–Trinajstić information content (AvgIpc) is 3.32. The molecule has 2 saturated heterocycles. The van der Waals surface area contributed by atoms with Crippen LogP contribution in [0.25, 0.3) is 0 Å². The first-order valence-corrected chi connectivity index (χ1v) is 8.81. The van der Waals surface area contributed by atoms with Crippen LogP contribution in [0.15, 0.2) is 18.2 Å². The Balaban J connectivity index is 1.30. The molecule has 2 amide bonds. The van der Waals surface area contributed by atoms with E-state index in [2.05, 4.69) is 5.32 Å². The molecule has 134 valence electrons. The third-order valence-electron chi connectivity index (χ3n) is 5.02. The Morgan fingerprint density at radius 2 is 1.88 bits per heavy atom. The average molecular weight is 346 g/mol. The van der Waals surface area contributed by atoms with Crippen molar-refractivity contribution >= 4 is 17.5 Å². The summed E-state index contributed by atoms with van der Waals surface area (Å²) in [5.74, 6) is 1.32. The molecule has 3 aliphatic heterocycles. The van der Waals surface area contributed by atoms with Gasteiger partial charge in [-0.25, -0.2) is 0 Å². The standard InChI is InChI=1S/C18H22N2O5/c21-17(19-13-3-4-14-16(10-13)25-11-24-14)12-5-7-20(8-6-12)18(22)15-2-1-9-23-15/h3-4,10,12,15H,1-2,5-9,11H2,(H,19,21). The first kappa shape index (κ1) is 16.2. The maximum Gasteiger partial charge on any atom is 0.251 e. The molecule has 0 saturated carbocycles. The van der Waals surface area contributed by atoms with Crippen LogP contribution in [0.2, 0.25) is 0 Å². The fraction of sp³-hybridized carbons (Fsp3) is 0.556. The van der Waals surface area contributed by atoms with Gasteiger partial charge in [0.25, 0.3) is 5.91 Å². The Kier molecular flexibility index (Phi) is 4.48. The Hall–Kier alpha value is -2.28. The fourth-order valence-electron chi connectivity index (χ4n) is 3.56. The zero-order valence-electron chi connectivity index (χ0n) is 14.0. The van der Waals surface area contributed by atoms with Crippen LogP contribution in [0.1, 0.15) is 25.7 Å². The van der Waals surface area contributed by atoms with Gasteiger partial charge < -0.3 is 24.4 Å². The van der Waals surface area contributed by atoms with E-state index in [9.17, 15) is 9.59 Å². The van der Waals surface area contributed by atoms with Crippen molar-refractivity contribution in [2.24, 2.45) is 5.92 Å². The summed E-state index contributed by atoms with van der Waals surface area (Å²) in [6.07, 6.45) is 2.83. The highest BCUT2D eigenvalue weighted by Gasteiger charge is 2.32. The maximum absolute atomic E-state index is 12.5. The first-order chi connectivity index (χ1) is 12.2. The highest BCUT2D eigenvalue weighted by atomic mass is 16.7. The SMILES string of the molecule is O=C(Nc1ccc2c(c1)OCO2)C1CCN(C(=O)C2CCCO2)CC1. The van der Waals surface area contributed by atoms with Crippen molar-refractivity contribution in [3.63, 3.8) is 0 Å². The van der Waals surface area contributed by atoms with E-state index < -0.39 is 0 Å². The zero-order chi connectivity index (χ0) is 17.2. The number of nitrogens with one attached hydrogen (secondary N) is 1. The molecule has 7 heteroatoms. The number of fused-ring (bicyclic) bond motifs is 1. The minimum atomic E-state index is -0.279. The lowest BCUT2D eigenvalue weighted by molar-refractivity contribution is -0.143. The summed E-state index contributed by atoms with van der Waals surface area (Å²) in [4.78, 5) is 26.7. The fourth-order valence-corrected chi connectivity index (χ4v) is 3.56. The summed E-state index contributed by atoms with van der Waals surface area (Å²) >= 11 is 0. The van der Waals surface area contributed by atoms with E-state index in [4.69, 9.17) is 14.2 Å². The van der Waals surface area contributed by atoms with Crippen LogP contribution < -0.4 is 14.8 Å². The summed E-state index contributed by atoms with van der Waals surface area (Å²) in [5, 5.41) is 2.94. The lowest BCUT2D eigenvalue weighted by Gasteiger charge is -2.32.